The van der Waals surface area contributed by atoms with E-state index in [4.69, 9.17) is 4.98 Å². The van der Waals surface area contributed by atoms with Gasteiger partial charge in [-0.15, -0.1) is 0 Å². The molecule has 0 spiro atoms. The fourth-order valence-corrected chi connectivity index (χ4v) is 4.96. The number of nitrogens with one attached hydrogen (secondary N) is 1. The number of allylic oxidation sites excluding steroid dienone is 3. The summed E-state index contributed by atoms with van der Waals surface area (Å²) in [5.41, 5.74) is 6.75. The number of H-pyrrole nitrogens is 1. The SMILES string of the molecule is Cc1cc2nc([C@]3(C)CCCN3C3=CC(c4cccc(F)c4)CC=C3)[nH]c2cc1C. The Hall–Kier alpha value is -2.88. The van der Waals surface area contributed by atoms with Gasteiger partial charge >= 0.3 is 0 Å². The van der Waals surface area contributed by atoms with Crippen molar-refractivity contribution in [2.75, 3.05) is 6.54 Å². The van der Waals surface area contributed by atoms with Crippen LogP contribution in [0.3, 0.4) is 0 Å². The van der Waals surface area contributed by atoms with E-state index in [1.807, 2.05) is 6.07 Å². The highest BCUT2D eigenvalue weighted by Gasteiger charge is 2.41. The molecule has 154 valence electrons. The second-order valence-corrected chi connectivity index (χ2v) is 8.96. The van der Waals surface area contributed by atoms with Crippen LogP contribution >= 0.6 is 0 Å². The molecule has 2 aliphatic rings. The first-order chi connectivity index (χ1) is 14.4. The highest BCUT2D eigenvalue weighted by atomic mass is 19.1. The van der Waals surface area contributed by atoms with Crippen LogP contribution in [0.2, 0.25) is 0 Å². The normalized spacial score (nSPS) is 23.9. The molecule has 3 nitrogen and oxygen atoms in total. The molecule has 0 radical (unpaired) electrons. The van der Waals surface area contributed by atoms with Gasteiger partial charge in [-0.3, -0.25) is 0 Å². The lowest BCUT2D eigenvalue weighted by atomic mass is 9.90. The summed E-state index contributed by atoms with van der Waals surface area (Å²) in [7, 11) is 0. The van der Waals surface area contributed by atoms with Crippen molar-refractivity contribution in [3.63, 3.8) is 0 Å². The van der Waals surface area contributed by atoms with Crippen molar-refractivity contribution in [2.45, 2.75) is 51.5 Å². The lowest BCUT2D eigenvalue weighted by Gasteiger charge is -2.37. The predicted octanol–water partition coefficient (Wildman–Crippen LogP) is 6.26. The fourth-order valence-electron chi connectivity index (χ4n) is 4.96. The number of likely N-dealkylation sites (tertiary alicyclic amines) is 1. The molecule has 3 aromatic rings. The van der Waals surface area contributed by atoms with E-state index in [-0.39, 0.29) is 17.3 Å². The Morgan fingerprint density at radius 3 is 2.83 bits per heavy atom. The molecule has 2 atom stereocenters. The van der Waals surface area contributed by atoms with Crippen molar-refractivity contribution in [2.24, 2.45) is 0 Å². The smallest absolute Gasteiger partial charge is 0.132 e. The van der Waals surface area contributed by atoms with Crippen LogP contribution in [0.25, 0.3) is 11.0 Å². The second kappa shape index (κ2) is 7.12. The van der Waals surface area contributed by atoms with Crippen LogP contribution < -0.4 is 0 Å². The van der Waals surface area contributed by atoms with Crippen molar-refractivity contribution in [3.8, 4) is 0 Å². The van der Waals surface area contributed by atoms with Crippen LogP contribution in [-0.4, -0.2) is 21.4 Å². The number of halogens is 1. The lowest BCUT2D eigenvalue weighted by molar-refractivity contribution is 0.200. The first-order valence-electron chi connectivity index (χ1n) is 10.8. The average Bonchev–Trinajstić information content (AvgIpc) is 3.33. The standard InChI is InChI=1S/C26H28FN3/c1-17-13-23-24(14-18(17)2)29-25(28-23)26(3)11-6-12-30(26)22-10-5-8-20(16-22)19-7-4-9-21(27)15-19/h4-5,7,9-10,13-16,20H,6,8,11-12H2,1-3H3,(H,28,29)/t20?,26-/m0/s1. The van der Waals surface area contributed by atoms with Crippen LogP contribution in [0.5, 0.6) is 0 Å². The van der Waals surface area contributed by atoms with E-state index < -0.39 is 0 Å². The Kier molecular flexibility index (Phi) is 4.53. The molecule has 0 saturated carbocycles. The van der Waals surface area contributed by atoms with E-state index in [1.54, 1.807) is 12.1 Å². The summed E-state index contributed by atoms with van der Waals surface area (Å²) in [6.45, 7) is 7.56. The topological polar surface area (TPSA) is 31.9 Å². The number of imidazole rings is 1. The highest BCUT2D eigenvalue weighted by Crippen LogP contribution is 2.42. The zero-order chi connectivity index (χ0) is 20.9. The minimum Gasteiger partial charge on any atom is -0.359 e. The second-order valence-electron chi connectivity index (χ2n) is 8.96. The van der Waals surface area contributed by atoms with Crippen LogP contribution in [-0.2, 0) is 5.54 Å². The number of rotatable bonds is 3. The maximum absolute atomic E-state index is 13.8. The molecule has 1 fully saturated rings. The van der Waals surface area contributed by atoms with E-state index in [9.17, 15) is 4.39 Å². The fraction of sp³-hybridized carbons (Fsp3) is 0.346. The predicted molar refractivity (Wildman–Crippen MR) is 120 cm³/mol. The maximum atomic E-state index is 13.8. The Morgan fingerprint density at radius 1 is 1.17 bits per heavy atom. The molecule has 1 unspecified atom stereocenters. The van der Waals surface area contributed by atoms with Crippen molar-refractivity contribution < 1.29 is 4.39 Å². The molecule has 5 rings (SSSR count). The molecule has 1 N–H and O–H groups in total. The van der Waals surface area contributed by atoms with Gasteiger partial charge in [0.25, 0.3) is 0 Å². The van der Waals surface area contributed by atoms with Gasteiger partial charge in [-0.05, 0) is 87.1 Å². The Balaban J connectivity index is 1.51. The van der Waals surface area contributed by atoms with Crippen LogP contribution in [0.15, 0.2) is 60.3 Å². The number of aromatic nitrogens is 2. The van der Waals surface area contributed by atoms with Crippen molar-refractivity contribution in [1.29, 1.82) is 0 Å². The van der Waals surface area contributed by atoms with Gasteiger partial charge in [0.2, 0.25) is 0 Å². The van der Waals surface area contributed by atoms with Crippen LogP contribution in [0.1, 0.15) is 54.6 Å². The lowest BCUT2D eigenvalue weighted by Crippen LogP contribution is -2.39. The van der Waals surface area contributed by atoms with E-state index >= 15 is 0 Å². The number of hydrogen-bond acceptors (Lipinski definition) is 2. The molecule has 0 amide bonds. The molecule has 4 heteroatoms. The van der Waals surface area contributed by atoms with E-state index in [2.05, 4.69) is 61.0 Å². The number of benzene rings is 2. The summed E-state index contributed by atoms with van der Waals surface area (Å²) >= 11 is 0. The summed E-state index contributed by atoms with van der Waals surface area (Å²) in [6, 6.07) is 11.4. The van der Waals surface area contributed by atoms with Gasteiger partial charge in [-0.2, -0.15) is 0 Å². The van der Waals surface area contributed by atoms with E-state index in [0.29, 0.717) is 0 Å². The third-order valence-electron chi connectivity index (χ3n) is 6.89. The molecule has 2 heterocycles. The van der Waals surface area contributed by atoms with Gasteiger partial charge in [0, 0.05) is 18.2 Å². The van der Waals surface area contributed by atoms with Gasteiger partial charge in [0.05, 0.1) is 16.6 Å². The van der Waals surface area contributed by atoms with E-state index in [1.165, 1.54) is 22.9 Å². The van der Waals surface area contributed by atoms with Crippen molar-refractivity contribution >= 4 is 11.0 Å². The average molecular weight is 402 g/mol. The summed E-state index contributed by atoms with van der Waals surface area (Å²) in [6.07, 6.45) is 9.82. The largest absolute Gasteiger partial charge is 0.359 e. The molecule has 1 aromatic heterocycles. The van der Waals surface area contributed by atoms with Crippen molar-refractivity contribution in [3.05, 3.63) is 88.7 Å². The Labute approximate surface area is 177 Å². The Morgan fingerprint density at radius 2 is 2.00 bits per heavy atom. The van der Waals surface area contributed by atoms with Gasteiger partial charge in [0.1, 0.15) is 11.6 Å². The number of aromatic amines is 1. The highest BCUT2D eigenvalue weighted by molar-refractivity contribution is 5.77. The summed E-state index contributed by atoms with van der Waals surface area (Å²) < 4.78 is 13.8. The number of fused-ring (bicyclic) bond motifs is 1. The van der Waals surface area contributed by atoms with E-state index in [0.717, 1.165) is 48.2 Å². The summed E-state index contributed by atoms with van der Waals surface area (Å²) in [5.74, 6) is 1.06. The van der Waals surface area contributed by atoms with Crippen LogP contribution in [0.4, 0.5) is 4.39 Å². The molecule has 1 saturated heterocycles. The third-order valence-corrected chi connectivity index (χ3v) is 6.89. The maximum Gasteiger partial charge on any atom is 0.132 e. The number of aryl methyl sites for hydroxylation is 2. The molecule has 1 aliphatic heterocycles. The monoisotopic (exact) mass is 401 g/mol. The molecular formula is C26H28FN3. The molecular weight excluding hydrogens is 373 g/mol. The quantitative estimate of drug-likeness (QED) is 0.562. The van der Waals surface area contributed by atoms with Crippen molar-refractivity contribution in [1.82, 2.24) is 14.9 Å². The third kappa shape index (κ3) is 3.15. The summed E-state index contributed by atoms with van der Waals surface area (Å²) in [4.78, 5) is 11.1. The molecule has 0 bridgehead atoms. The van der Waals surface area contributed by atoms with Gasteiger partial charge < -0.3 is 9.88 Å². The molecule has 1 aliphatic carbocycles. The zero-order valence-electron chi connectivity index (χ0n) is 17.9. The minimum absolute atomic E-state index is 0.170. The first kappa shape index (κ1) is 19.1. The van der Waals surface area contributed by atoms with Crippen LogP contribution in [0, 0.1) is 19.7 Å². The summed E-state index contributed by atoms with van der Waals surface area (Å²) in [5, 5.41) is 0. The van der Waals surface area contributed by atoms with Gasteiger partial charge in [-0.1, -0.05) is 24.3 Å². The minimum atomic E-state index is -0.180. The Bertz CT molecular complexity index is 1130. The molecule has 2 aromatic carbocycles. The van der Waals surface area contributed by atoms with Gasteiger partial charge in [0.15, 0.2) is 0 Å². The number of hydrogen-bond donors (Lipinski definition) is 1. The molecule has 30 heavy (non-hydrogen) atoms. The zero-order valence-corrected chi connectivity index (χ0v) is 17.9. The van der Waals surface area contributed by atoms with Gasteiger partial charge in [-0.25, -0.2) is 9.37 Å². The first-order valence-corrected chi connectivity index (χ1v) is 10.8. The number of nitrogens with zero attached hydrogens (tertiary/aromatic N) is 2.